The van der Waals surface area contributed by atoms with Crippen LogP contribution in [0.2, 0.25) is 0 Å². The van der Waals surface area contributed by atoms with Gasteiger partial charge in [-0.1, -0.05) is 0 Å². The Labute approximate surface area is 163 Å². The number of amides is 2. The van der Waals surface area contributed by atoms with Gasteiger partial charge >= 0.3 is 0 Å². The summed E-state index contributed by atoms with van der Waals surface area (Å²) in [5.74, 6) is 0.0607. The molecule has 2 fully saturated rings. The lowest BCUT2D eigenvalue weighted by Gasteiger charge is -2.24. The first-order valence-electron chi connectivity index (χ1n) is 8.95. The average Bonchev–Trinajstić information content (AvgIpc) is 3.40. The van der Waals surface area contributed by atoms with Crippen LogP contribution >= 0.6 is 11.3 Å². The van der Waals surface area contributed by atoms with Gasteiger partial charge in [0.15, 0.2) is 5.13 Å². The number of aromatic amines is 1. The van der Waals surface area contributed by atoms with E-state index in [1.807, 2.05) is 0 Å². The van der Waals surface area contributed by atoms with E-state index in [1.165, 1.54) is 23.5 Å². The molecule has 3 aromatic rings. The van der Waals surface area contributed by atoms with Crippen LogP contribution in [0.3, 0.4) is 0 Å². The van der Waals surface area contributed by atoms with E-state index in [0.29, 0.717) is 47.2 Å². The van der Waals surface area contributed by atoms with Crippen molar-refractivity contribution in [2.24, 2.45) is 0 Å². The smallest absolute Gasteiger partial charge is 0.273 e. The number of likely N-dealkylation sites (tertiary alicyclic amines) is 2. The number of benzene rings is 1. The number of nitrogen functional groups attached to an aromatic ring is 1. The predicted octanol–water partition coefficient (Wildman–Crippen LogP) is 1.76. The number of rotatable bonds is 3. The van der Waals surface area contributed by atoms with Crippen molar-refractivity contribution in [2.45, 2.75) is 31.5 Å². The molecule has 0 aliphatic carbocycles. The second-order valence-corrected chi connectivity index (χ2v) is 7.95. The third-order valence-corrected chi connectivity index (χ3v) is 6.10. The number of thiazole rings is 1. The van der Waals surface area contributed by atoms with E-state index < -0.39 is 0 Å². The number of nitrogens with one attached hydrogen (secondary N) is 1. The molecule has 2 aliphatic rings. The summed E-state index contributed by atoms with van der Waals surface area (Å²) in [6.07, 6.45) is 0.988. The van der Waals surface area contributed by atoms with Crippen LogP contribution in [0.5, 0.6) is 0 Å². The van der Waals surface area contributed by atoms with E-state index in [2.05, 4.69) is 15.0 Å². The molecular formula is C18H17FN6O2S. The predicted molar refractivity (Wildman–Crippen MR) is 101 cm³/mol. The minimum absolute atomic E-state index is 0.0167. The number of fused-ring (bicyclic) bond motifs is 2. The largest absolute Gasteiger partial charge is 0.375 e. The summed E-state index contributed by atoms with van der Waals surface area (Å²) in [5, 5.41) is 2.00. The third-order valence-electron chi connectivity index (χ3n) is 5.43. The Kier molecular flexibility index (Phi) is 3.83. The Hall–Kier alpha value is -3.01. The number of imidazole rings is 1. The van der Waals surface area contributed by atoms with Gasteiger partial charge in [-0.05, 0) is 24.6 Å². The maximum atomic E-state index is 13.4. The molecule has 1 aromatic carbocycles. The molecule has 8 nitrogen and oxygen atoms in total. The molecule has 28 heavy (non-hydrogen) atoms. The van der Waals surface area contributed by atoms with Gasteiger partial charge in [-0.2, -0.15) is 0 Å². The molecule has 2 saturated heterocycles. The molecule has 2 aliphatic heterocycles. The van der Waals surface area contributed by atoms with Gasteiger partial charge in [-0.15, -0.1) is 11.3 Å². The number of hydrogen-bond donors (Lipinski definition) is 2. The topological polar surface area (TPSA) is 108 Å². The number of carbonyl (C=O) groups excluding carboxylic acids is 2. The molecule has 10 heteroatoms. The molecule has 0 radical (unpaired) electrons. The third kappa shape index (κ3) is 2.71. The maximum absolute atomic E-state index is 13.4. The summed E-state index contributed by atoms with van der Waals surface area (Å²) in [6.45, 7) is 0.878. The van der Waals surface area contributed by atoms with Crippen molar-refractivity contribution in [3.8, 4) is 0 Å². The fourth-order valence-electron chi connectivity index (χ4n) is 4.19. The molecule has 3 N–H and O–H groups in total. The highest BCUT2D eigenvalue weighted by molar-refractivity contribution is 7.13. The molecule has 0 saturated carbocycles. The van der Waals surface area contributed by atoms with E-state index in [-0.39, 0.29) is 36.1 Å². The highest BCUT2D eigenvalue weighted by Gasteiger charge is 2.48. The highest BCUT2D eigenvalue weighted by atomic mass is 32.1. The number of nitrogens with two attached hydrogens (primary N) is 1. The summed E-state index contributed by atoms with van der Waals surface area (Å²) in [4.78, 5) is 40.5. The van der Waals surface area contributed by atoms with E-state index >= 15 is 0 Å². The fourth-order valence-corrected chi connectivity index (χ4v) is 4.73. The van der Waals surface area contributed by atoms with E-state index in [0.717, 1.165) is 0 Å². The Morgan fingerprint density at radius 1 is 1.36 bits per heavy atom. The first kappa shape index (κ1) is 17.1. The number of halogens is 1. The summed E-state index contributed by atoms with van der Waals surface area (Å²) < 4.78 is 13.4. The number of hydrogen-bond acceptors (Lipinski definition) is 6. The van der Waals surface area contributed by atoms with Gasteiger partial charge in [0.1, 0.15) is 17.3 Å². The zero-order valence-electron chi connectivity index (χ0n) is 14.8. The maximum Gasteiger partial charge on any atom is 0.273 e. The molecule has 4 heterocycles. The molecule has 2 aromatic heterocycles. The van der Waals surface area contributed by atoms with Crippen LogP contribution in [-0.2, 0) is 11.3 Å². The van der Waals surface area contributed by atoms with Crippen LogP contribution in [0.1, 0.15) is 29.2 Å². The number of anilines is 1. The lowest BCUT2D eigenvalue weighted by atomic mass is 10.1. The van der Waals surface area contributed by atoms with Gasteiger partial charge in [-0.25, -0.2) is 14.4 Å². The molecule has 5 rings (SSSR count). The molecular weight excluding hydrogens is 383 g/mol. The molecule has 144 valence electrons. The number of H-pyrrole nitrogens is 1. The normalized spacial score (nSPS) is 21.7. The number of nitrogens with zero attached hydrogens (tertiary/aromatic N) is 4. The van der Waals surface area contributed by atoms with Gasteiger partial charge in [0.05, 0.1) is 29.7 Å². The Balaban J connectivity index is 1.36. The zero-order chi connectivity index (χ0) is 19.4. The van der Waals surface area contributed by atoms with Crippen molar-refractivity contribution in [2.75, 3.05) is 12.3 Å². The minimum atomic E-state index is -0.340. The van der Waals surface area contributed by atoms with Gasteiger partial charge in [0.25, 0.3) is 5.91 Å². The Morgan fingerprint density at radius 3 is 3.00 bits per heavy atom. The summed E-state index contributed by atoms with van der Waals surface area (Å²) >= 11 is 1.23. The van der Waals surface area contributed by atoms with E-state index in [1.54, 1.807) is 21.2 Å². The van der Waals surface area contributed by atoms with Gasteiger partial charge in [-0.3, -0.25) is 9.59 Å². The monoisotopic (exact) mass is 400 g/mol. The number of aromatic nitrogens is 3. The fraction of sp³-hybridized carbons (Fsp3) is 0.333. The van der Waals surface area contributed by atoms with Gasteiger partial charge in [0.2, 0.25) is 5.91 Å². The van der Waals surface area contributed by atoms with E-state index in [9.17, 15) is 14.0 Å². The molecule has 0 spiro atoms. The quantitative estimate of drug-likeness (QED) is 0.696. The summed E-state index contributed by atoms with van der Waals surface area (Å²) in [6, 6.07) is 4.11. The lowest BCUT2D eigenvalue weighted by Crippen LogP contribution is -2.40. The van der Waals surface area contributed by atoms with Gasteiger partial charge in [0, 0.05) is 18.3 Å². The average molecular weight is 400 g/mol. The first-order chi connectivity index (χ1) is 13.5. The lowest BCUT2D eigenvalue weighted by molar-refractivity contribution is -0.129. The van der Waals surface area contributed by atoms with Crippen molar-refractivity contribution in [3.05, 3.63) is 40.9 Å². The Morgan fingerprint density at radius 2 is 2.21 bits per heavy atom. The second kappa shape index (κ2) is 6.26. The highest BCUT2D eigenvalue weighted by Crippen LogP contribution is 2.34. The van der Waals surface area contributed by atoms with Crippen molar-refractivity contribution in [1.82, 2.24) is 24.8 Å². The van der Waals surface area contributed by atoms with E-state index in [4.69, 9.17) is 5.73 Å². The van der Waals surface area contributed by atoms with Crippen molar-refractivity contribution in [1.29, 1.82) is 0 Å². The number of carbonyl (C=O) groups is 2. The van der Waals surface area contributed by atoms with Crippen LogP contribution in [0.25, 0.3) is 11.0 Å². The molecule has 0 bridgehead atoms. The van der Waals surface area contributed by atoms with Crippen molar-refractivity contribution >= 4 is 39.3 Å². The minimum Gasteiger partial charge on any atom is -0.375 e. The van der Waals surface area contributed by atoms with Crippen LogP contribution in [0, 0.1) is 5.82 Å². The molecule has 2 amide bonds. The zero-order valence-corrected chi connectivity index (χ0v) is 15.6. The van der Waals surface area contributed by atoms with Crippen LogP contribution < -0.4 is 5.73 Å². The summed E-state index contributed by atoms with van der Waals surface area (Å²) in [5.41, 5.74) is 7.22. The van der Waals surface area contributed by atoms with Crippen molar-refractivity contribution < 1.29 is 14.0 Å². The Bertz CT molecular complexity index is 1090. The first-order valence-corrected chi connectivity index (χ1v) is 9.83. The van der Waals surface area contributed by atoms with Crippen LogP contribution in [-0.4, -0.2) is 55.2 Å². The van der Waals surface area contributed by atoms with Crippen LogP contribution in [0.15, 0.2) is 23.6 Å². The summed E-state index contributed by atoms with van der Waals surface area (Å²) in [7, 11) is 0. The van der Waals surface area contributed by atoms with Crippen LogP contribution in [0.4, 0.5) is 9.52 Å². The SMILES string of the molecule is Nc1nc(C(=O)N2CC[C@H]3[C@@H]2CC(=O)N3Cc2nc3ccc(F)cc3[nH]2)cs1. The standard InChI is InChI=1S/C18H17FN6O2S/c19-9-1-2-10-11(5-9)22-15(21-10)7-25-13-3-4-24(14(13)6-16(25)26)17(27)12-8-28-18(20)23-12/h1-2,5,8,13-14H,3-4,6-7H2,(H2,20,23)(H,21,22)/t13-,14-/m0/s1. The van der Waals surface area contributed by atoms with Crippen molar-refractivity contribution in [3.63, 3.8) is 0 Å². The molecule has 0 unspecified atom stereocenters. The molecule has 2 atom stereocenters. The second-order valence-electron chi connectivity index (χ2n) is 7.06. The van der Waals surface area contributed by atoms with Gasteiger partial charge < -0.3 is 20.5 Å².